The lowest BCUT2D eigenvalue weighted by atomic mass is 10.1. The molecule has 0 aliphatic heterocycles. The molecule has 1 amide bonds. The van der Waals surface area contributed by atoms with E-state index in [-0.39, 0.29) is 18.0 Å². The number of hydrogen-bond acceptors (Lipinski definition) is 6. The highest BCUT2D eigenvalue weighted by atomic mass is 16.5. The largest absolute Gasteiger partial charge is 0.497 e. The number of amides is 1. The lowest BCUT2D eigenvalue weighted by Gasteiger charge is -2.13. The van der Waals surface area contributed by atoms with Gasteiger partial charge in [0, 0.05) is 11.8 Å². The molecule has 0 radical (unpaired) electrons. The van der Waals surface area contributed by atoms with Crippen molar-refractivity contribution in [2.45, 2.75) is 27.3 Å². The van der Waals surface area contributed by atoms with Crippen LogP contribution in [-0.2, 0) is 11.3 Å². The Hall–Kier alpha value is -4.01. The van der Waals surface area contributed by atoms with Crippen molar-refractivity contribution in [2.24, 2.45) is 0 Å². The summed E-state index contributed by atoms with van der Waals surface area (Å²) in [5, 5.41) is 10.9. The van der Waals surface area contributed by atoms with Crippen LogP contribution in [0.25, 0.3) is 16.9 Å². The van der Waals surface area contributed by atoms with Gasteiger partial charge in [-0.25, -0.2) is 4.98 Å². The SMILES string of the molecule is COc1cccc(-n2nnc3c(=O)n(CC(=O)Nc4c(C)cc(C)cc4C)cnc32)c1. The molecule has 0 bridgehead atoms. The molecule has 0 saturated carbocycles. The van der Waals surface area contributed by atoms with Gasteiger partial charge in [0.05, 0.1) is 12.8 Å². The van der Waals surface area contributed by atoms with Gasteiger partial charge in [-0.15, -0.1) is 5.10 Å². The third-order valence-corrected chi connectivity index (χ3v) is 4.98. The molecule has 31 heavy (non-hydrogen) atoms. The average molecular weight is 418 g/mol. The van der Waals surface area contributed by atoms with Crippen LogP contribution in [0.2, 0.25) is 0 Å². The van der Waals surface area contributed by atoms with Crippen molar-refractivity contribution < 1.29 is 9.53 Å². The number of hydrogen-bond donors (Lipinski definition) is 1. The number of carbonyl (C=O) groups excluding carboxylic acids is 1. The predicted molar refractivity (Wildman–Crippen MR) is 117 cm³/mol. The molecule has 0 fully saturated rings. The fourth-order valence-corrected chi connectivity index (χ4v) is 3.58. The van der Waals surface area contributed by atoms with E-state index in [4.69, 9.17) is 4.74 Å². The van der Waals surface area contributed by atoms with E-state index in [1.807, 2.05) is 45.0 Å². The summed E-state index contributed by atoms with van der Waals surface area (Å²) < 4.78 is 7.92. The summed E-state index contributed by atoms with van der Waals surface area (Å²) >= 11 is 0. The molecule has 9 nitrogen and oxygen atoms in total. The molecule has 0 unspecified atom stereocenters. The fourth-order valence-electron chi connectivity index (χ4n) is 3.58. The minimum atomic E-state index is -0.438. The molecule has 0 saturated heterocycles. The first kappa shape index (κ1) is 20.3. The Bertz CT molecular complexity index is 1330. The number of nitrogens with one attached hydrogen (secondary N) is 1. The number of nitrogens with zero attached hydrogens (tertiary/aromatic N) is 5. The van der Waals surface area contributed by atoms with Crippen LogP contribution in [0.5, 0.6) is 5.75 Å². The van der Waals surface area contributed by atoms with Gasteiger partial charge >= 0.3 is 0 Å². The zero-order chi connectivity index (χ0) is 22.1. The maximum absolute atomic E-state index is 12.9. The van der Waals surface area contributed by atoms with Gasteiger partial charge in [0.15, 0.2) is 11.2 Å². The number of aryl methyl sites for hydroxylation is 3. The topological polar surface area (TPSA) is 104 Å². The Kier molecular flexibility index (Phi) is 5.24. The maximum atomic E-state index is 12.9. The van der Waals surface area contributed by atoms with Crippen molar-refractivity contribution in [1.82, 2.24) is 24.5 Å². The Morgan fingerprint density at radius 1 is 1.13 bits per heavy atom. The number of fused-ring (bicyclic) bond motifs is 1. The molecule has 158 valence electrons. The molecule has 0 aliphatic carbocycles. The van der Waals surface area contributed by atoms with Crippen molar-refractivity contribution in [1.29, 1.82) is 0 Å². The molecule has 0 aliphatic rings. The van der Waals surface area contributed by atoms with Gasteiger partial charge in [-0.3, -0.25) is 14.2 Å². The number of carbonyl (C=O) groups is 1. The molecule has 2 heterocycles. The van der Waals surface area contributed by atoms with Crippen LogP contribution in [0.3, 0.4) is 0 Å². The first-order valence-electron chi connectivity index (χ1n) is 9.70. The molecule has 2 aromatic heterocycles. The fraction of sp³-hybridized carbons (Fsp3) is 0.227. The van der Waals surface area contributed by atoms with Crippen LogP contribution in [0, 0.1) is 20.8 Å². The van der Waals surface area contributed by atoms with E-state index in [1.54, 1.807) is 19.2 Å². The Morgan fingerprint density at radius 2 is 1.87 bits per heavy atom. The summed E-state index contributed by atoms with van der Waals surface area (Å²) in [6.07, 6.45) is 1.33. The van der Waals surface area contributed by atoms with Crippen molar-refractivity contribution in [3.05, 3.63) is 69.8 Å². The molecular formula is C22H22N6O3. The van der Waals surface area contributed by atoms with Crippen LogP contribution in [-0.4, -0.2) is 37.6 Å². The minimum Gasteiger partial charge on any atom is -0.497 e. The zero-order valence-electron chi connectivity index (χ0n) is 17.7. The average Bonchev–Trinajstić information content (AvgIpc) is 3.17. The normalized spacial score (nSPS) is 11.0. The highest BCUT2D eigenvalue weighted by Crippen LogP contribution is 2.22. The molecule has 4 rings (SSSR count). The summed E-state index contributed by atoms with van der Waals surface area (Å²) in [6.45, 7) is 5.70. The van der Waals surface area contributed by atoms with Crippen LogP contribution >= 0.6 is 0 Å². The van der Waals surface area contributed by atoms with Crippen LogP contribution in [0.1, 0.15) is 16.7 Å². The molecule has 0 atom stereocenters. The van der Waals surface area contributed by atoms with Gasteiger partial charge in [-0.05, 0) is 44.0 Å². The molecule has 9 heteroatoms. The van der Waals surface area contributed by atoms with Gasteiger partial charge in [0.25, 0.3) is 5.56 Å². The van der Waals surface area contributed by atoms with E-state index in [1.165, 1.54) is 15.6 Å². The van der Waals surface area contributed by atoms with Crippen LogP contribution in [0.15, 0.2) is 47.5 Å². The second-order valence-electron chi connectivity index (χ2n) is 7.37. The second kappa shape index (κ2) is 8.02. The standard InChI is InChI=1S/C22H22N6O3/c1-13-8-14(2)19(15(3)9-13)24-18(29)11-27-12-23-21-20(22(27)30)25-26-28(21)16-6-5-7-17(10-16)31-4/h5-10,12H,11H2,1-4H3,(H,24,29). The van der Waals surface area contributed by atoms with Gasteiger partial charge in [-0.2, -0.15) is 4.68 Å². The van der Waals surface area contributed by atoms with E-state index >= 15 is 0 Å². The Labute approximate surface area is 178 Å². The van der Waals surface area contributed by atoms with E-state index in [0.717, 1.165) is 22.4 Å². The second-order valence-corrected chi connectivity index (χ2v) is 7.37. The third-order valence-electron chi connectivity index (χ3n) is 4.98. The number of benzene rings is 2. The molecule has 1 N–H and O–H groups in total. The lowest BCUT2D eigenvalue weighted by molar-refractivity contribution is -0.116. The number of anilines is 1. The summed E-state index contributed by atoms with van der Waals surface area (Å²) in [5.41, 5.74) is 4.42. The summed E-state index contributed by atoms with van der Waals surface area (Å²) in [5.74, 6) is 0.325. The van der Waals surface area contributed by atoms with Crippen LogP contribution < -0.4 is 15.6 Å². The summed E-state index contributed by atoms with van der Waals surface area (Å²) in [7, 11) is 1.57. The quantitative estimate of drug-likeness (QED) is 0.534. The zero-order valence-corrected chi connectivity index (χ0v) is 17.7. The molecule has 4 aromatic rings. The minimum absolute atomic E-state index is 0.0841. The number of ether oxygens (including phenoxy) is 1. The van der Waals surface area contributed by atoms with Crippen molar-refractivity contribution >= 4 is 22.8 Å². The van der Waals surface area contributed by atoms with E-state index < -0.39 is 5.56 Å². The van der Waals surface area contributed by atoms with Gasteiger partial charge in [0.2, 0.25) is 5.91 Å². The first-order valence-corrected chi connectivity index (χ1v) is 9.70. The molecule has 2 aromatic carbocycles. The van der Waals surface area contributed by atoms with Crippen molar-refractivity contribution in [3.8, 4) is 11.4 Å². The monoisotopic (exact) mass is 418 g/mol. The van der Waals surface area contributed by atoms with E-state index in [9.17, 15) is 9.59 Å². The molecular weight excluding hydrogens is 396 g/mol. The van der Waals surface area contributed by atoms with E-state index in [0.29, 0.717) is 17.1 Å². The smallest absolute Gasteiger partial charge is 0.284 e. The number of rotatable bonds is 5. The van der Waals surface area contributed by atoms with Gasteiger partial charge < -0.3 is 10.1 Å². The number of methoxy groups -OCH3 is 1. The lowest BCUT2D eigenvalue weighted by Crippen LogP contribution is -2.28. The summed E-state index contributed by atoms with van der Waals surface area (Å²) in [4.78, 5) is 29.8. The third kappa shape index (κ3) is 3.89. The van der Waals surface area contributed by atoms with Gasteiger partial charge in [-0.1, -0.05) is 29.0 Å². The Morgan fingerprint density at radius 3 is 2.58 bits per heavy atom. The number of aromatic nitrogens is 5. The van der Waals surface area contributed by atoms with E-state index in [2.05, 4.69) is 20.6 Å². The highest BCUT2D eigenvalue weighted by molar-refractivity contribution is 5.92. The van der Waals surface area contributed by atoms with Crippen molar-refractivity contribution in [3.63, 3.8) is 0 Å². The van der Waals surface area contributed by atoms with Crippen LogP contribution in [0.4, 0.5) is 5.69 Å². The van der Waals surface area contributed by atoms with Crippen molar-refractivity contribution in [2.75, 3.05) is 12.4 Å². The maximum Gasteiger partial charge on any atom is 0.284 e. The summed E-state index contributed by atoms with van der Waals surface area (Å²) in [6, 6.07) is 11.2. The predicted octanol–water partition coefficient (Wildman–Crippen LogP) is 2.55. The van der Waals surface area contributed by atoms with Gasteiger partial charge in [0.1, 0.15) is 18.6 Å². The Balaban J connectivity index is 1.62. The first-order chi connectivity index (χ1) is 14.9. The highest BCUT2D eigenvalue weighted by Gasteiger charge is 2.16. The molecule has 0 spiro atoms.